The van der Waals surface area contributed by atoms with Crippen LogP contribution in [0.3, 0.4) is 0 Å². The van der Waals surface area contributed by atoms with E-state index in [1.165, 1.54) is 52.5 Å². The predicted octanol–water partition coefficient (Wildman–Crippen LogP) is 4.28. The van der Waals surface area contributed by atoms with Crippen molar-refractivity contribution >= 4 is 10.9 Å². The van der Waals surface area contributed by atoms with Crippen LogP contribution in [0.5, 0.6) is 0 Å². The zero-order valence-corrected chi connectivity index (χ0v) is 17.7. The number of nitrogens with zero attached hydrogens (tertiary/aromatic N) is 2. The third-order valence-corrected chi connectivity index (χ3v) is 6.47. The molecule has 0 amide bonds. The van der Waals surface area contributed by atoms with Gasteiger partial charge in [-0.25, -0.2) is 4.98 Å². The largest absolute Gasteiger partial charge is 0.396 e. The highest BCUT2D eigenvalue weighted by molar-refractivity contribution is 5.85. The molecular formula is C26H30N2O2. The summed E-state index contributed by atoms with van der Waals surface area (Å²) in [7, 11) is 0. The van der Waals surface area contributed by atoms with Gasteiger partial charge in [0.15, 0.2) is 0 Å². The molecule has 0 saturated carbocycles. The van der Waals surface area contributed by atoms with Crippen LogP contribution < -0.4 is 0 Å². The monoisotopic (exact) mass is 402 g/mol. The lowest BCUT2D eigenvalue weighted by Gasteiger charge is -2.33. The van der Waals surface area contributed by atoms with Crippen molar-refractivity contribution in [3.05, 3.63) is 64.7 Å². The molecule has 1 saturated heterocycles. The van der Waals surface area contributed by atoms with Crippen molar-refractivity contribution in [3.63, 3.8) is 0 Å². The number of pyridine rings is 1. The van der Waals surface area contributed by atoms with Gasteiger partial charge in [-0.2, -0.15) is 0 Å². The van der Waals surface area contributed by atoms with Crippen LogP contribution in [-0.4, -0.2) is 47.4 Å². The highest BCUT2D eigenvalue weighted by Crippen LogP contribution is 2.32. The van der Waals surface area contributed by atoms with Crippen molar-refractivity contribution < 1.29 is 9.84 Å². The van der Waals surface area contributed by atoms with Crippen LogP contribution in [0, 0.1) is 6.92 Å². The van der Waals surface area contributed by atoms with Crippen molar-refractivity contribution in [1.82, 2.24) is 9.88 Å². The molecule has 30 heavy (non-hydrogen) atoms. The highest BCUT2D eigenvalue weighted by atomic mass is 16.5. The van der Waals surface area contributed by atoms with E-state index in [0.29, 0.717) is 6.42 Å². The van der Waals surface area contributed by atoms with Gasteiger partial charge in [0.2, 0.25) is 0 Å². The van der Waals surface area contributed by atoms with Crippen LogP contribution in [0.25, 0.3) is 22.2 Å². The van der Waals surface area contributed by atoms with Crippen molar-refractivity contribution in [2.24, 2.45) is 0 Å². The highest BCUT2D eigenvalue weighted by Gasteiger charge is 2.22. The summed E-state index contributed by atoms with van der Waals surface area (Å²) in [6, 6.07) is 15.7. The number of benzene rings is 2. The fraction of sp³-hybridized carbons (Fsp3) is 0.423. The van der Waals surface area contributed by atoms with Gasteiger partial charge in [-0.15, -0.1) is 0 Å². The quantitative estimate of drug-likeness (QED) is 0.692. The smallest absolute Gasteiger partial charge is 0.0754 e. The Bertz CT molecular complexity index is 1060. The van der Waals surface area contributed by atoms with Crippen LogP contribution >= 0.6 is 0 Å². The maximum Gasteiger partial charge on any atom is 0.0754 e. The Balaban J connectivity index is 1.56. The van der Waals surface area contributed by atoms with E-state index >= 15 is 0 Å². The summed E-state index contributed by atoms with van der Waals surface area (Å²) in [6.45, 7) is 5.66. The third-order valence-electron chi connectivity index (χ3n) is 6.47. The second-order valence-electron chi connectivity index (χ2n) is 8.77. The zero-order valence-electron chi connectivity index (χ0n) is 17.7. The molecule has 4 nitrogen and oxygen atoms in total. The van der Waals surface area contributed by atoms with Gasteiger partial charge in [-0.1, -0.05) is 23.8 Å². The molecule has 1 N–H and O–H groups in total. The van der Waals surface area contributed by atoms with Crippen molar-refractivity contribution in [3.8, 4) is 11.3 Å². The Morgan fingerprint density at radius 2 is 2.00 bits per heavy atom. The fourth-order valence-electron chi connectivity index (χ4n) is 4.94. The molecule has 4 heteroatoms. The molecule has 1 atom stereocenters. The maximum absolute atomic E-state index is 9.30. The van der Waals surface area contributed by atoms with E-state index in [9.17, 15) is 5.11 Å². The molecule has 1 aromatic heterocycles. The molecule has 0 radical (unpaired) electrons. The second kappa shape index (κ2) is 8.46. The first kappa shape index (κ1) is 19.7. The number of aromatic nitrogens is 1. The van der Waals surface area contributed by atoms with Crippen LogP contribution in [0.4, 0.5) is 0 Å². The zero-order chi connectivity index (χ0) is 20.5. The van der Waals surface area contributed by atoms with E-state index in [1.807, 2.05) is 0 Å². The molecule has 2 aliphatic rings. The Morgan fingerprint density at radius 1 is 1.13 bits per heavy atom. The molecule has 1 fully saturated rings. The van der Waals surface area contributed by atoms with Gasteiger partial charge in [-0.3, -0.25) is 4.90 Å². The molecule has 3 aromatic rings. The van der Waals surface area contributed by atoms with Gasteiger partial charge in [0, 0.05) is 37.2 Å². The van der Waals surface area contributed by atoms with Gasteiger partial charge in [0.25, 0.3) is 0 Å². The van der Waals surface area contributed by atoms with Gasteiger partial charge >= 0.3 is 0 Å². The van der Waals surface area contributed by atoms with E-state index < -0.39 is 0 Å². The lowest BCUT2D eigenvalue weighted by molar-refractivity contribution is -0.0406. The van der Waals surface area contributed by atoms with Crippen LogP contribution in [0.15, 0.2) is 42.5 Å². The number of aliphatic hydroxyl groups is 1. The Labute approximate surface area is 178 Å². The van der Waals surface area contributed by atoms with Gasteiger partial charge in [0.05, 0.1) is 23.9 Å². The molecular weight excluding hydrogens is 372 g/mol. The SMILES string of the molecule is Cc1cccc(-c2nc3cc4c(cc3cc2CN2CCOC(CCO)C2)CCC4)c1. The molecule has 1 aliphatic heterocycles. The summed E-state index contributed by atoms with van der Waals surface area (Å²) in [5, 5.41) is 10.6. The third kappa shape index (κ3) is 4.00. The minimum absolute atomic E-state index is 0.114. The number of rotatable bonds is 5. The first-order valence-electron chi connectivity index (χ1n) is 11.2. The standard InChI is InChI=1S/C26H30N2O2/c1-18-4-2-7-21(12-18)26-23(16-28-9-11-30-24(17-28)8-10-29)14-22-13-19-5-3-6-20(19)15-25(22)27-26/h2,4,7,12-15,24,29H,3,5-6,8-11,16-17H2,1H3. The first-order chi connectivity index (χ1) is 14.7. The minimum Gasteiger partial charge on any atom is -0.396 e. The number of fused-ring (bicyclic) bond motifs is 2. The topological polar surface area (TPSA) is 45.6 Å². The van der Waals surface area contributed by atoms with Crippen LogP contribution in [0.2, 0.25) is 0 Å². The van der Waals surface area contributed by atoms with Crippen molar-refractivity contribution in [1.29, 1.82) is 0 Å². The van der Waals surface area contributed by atoms with E-state index in [4.69, 9.17) is 9.72 Å². The summed E-state index contributed by atoms with van der Waals surface area (Å²) in [5.74, 6) is 0. The van der Waals surface area contributed by atoms with Crippen molar-refractivity contribution in [2.75, 3.05) is 26.3 Å². The number of morpholine rings is 1. The molecule has 0 spiro atoms. The lowest BCUT2D eigenvalue weighted by Crippen LogP contribution is -2.42. The number of hydrogen-bond acceptors (Lipinski definition) is 4. The molecule has 0 bridgehead atoms. The van der Waals surface area contributed by atoms with E-state index in [1.54, 1.807) is 0 Å². The summed E-state index contributed by atoms with van der Waals surface area (Å²) in [6.07, 6.45) is 4.43. The predicted molar refractivity (Wildman–Crippen MR) is 121 cm³/mol. The molecule has 1 aliphatic carbocycles. The summed E-state index contributed by atoms with van der Waals surface area (Å²) < 4.78 is 5.82. The summed E-state index contributed by atoms with van der Waals surface area (Å²) >= 11 is 0. The van der Waals surface area contributed by atoms with Crippen molar-refractivity contribution in [2.45, 2.75) is 45.3 Å². The van der Waals surface area contributed by atoms with Gasteiger partial charge < -0.3 is 9.84 Å². The normalized spacial score (nSPS) is 19.3. The fourth-order valence-corrected chi connectivity index (χ4v) is 4.94. The number of aliphatic hydroxyl groups excluding tert-OH is 1. The van der Waals surface area contributed by atoms with Crippen LogP contribution in [0.1, 0.15) is 35.1 Å². The number of aryl methyl sites for hydroxylation is 3. The minimum atomic E-state index is 0.114. The first-order valence-corrected chi connectivity index (χ1v) is 11.2. The Kier molecular flexibility index (Phi) is 5.55. The summed E-state index contributed by atoms with van der Waals surface area (Å²) in [5.41, 5.74) is 8.88. The van der Waals surface area contributed by atoms with Crippen LogP contribution in [-0.2, 0) is 24.1 Å². The van der Waals surface area contributed by atoms with E-state index in [-0.39, 0.29) is 12.7 Å². The lowest BCUT2D eigenvalue weighted by atomic mass is 9.99. The molecule has 2 heterocycles. The van der Waals surface area contributed by atoms with Gasteiger partial charge in [-0.05, 0) is 73.6 Å². The molecule has 156 valence electrons. The summed E-state index contributed by atoms with van der Waals surface area (Å²) in [4.78, 5) is 7.63. The average molecular weight is 403 g/mol. The van der Waals surface area contributed by atoms with Gasteiger partial charge in [0.1, 0.15) is 0 Å². The van der Waals surface area contributed by atoms with E-state index in [2.05, 4.69) is 54.3 Å². The maximum atomic E-state index is 9.30. The Morgan fingerprint density at radius 3 is 2.83 bits per heavy atom. The molecule has 1 unspecified atom stereocenters. The van der Waals surface area contributed by atoms with E-state index in [0.717, 1.165) is 37.5 Å². The number of hydrogen-bond donors (Lipinski definition) is 1. The molecule has 2 aromatic carbocycles. The number of ether oxygens (including phenoxy) is 1. The Hall–Kier alpha value is -2.27. The molecule has 5 rings (SSSR count). The average Bonchev–Trinajstić information content (AvgIpc) is 3.19. The second-order valence-corrected chi connectivity index (χ2v) is 8.77.